The number of aliphatic imine (C=N–C) groups is 1. The monoisotopic (exact) mass is 236 g/mol. The van der Waals surface area contributed by atoms with E-state index in [1.807, 2.05) is 6.92 Å². The number of carbonyl (C=O) groups is 1. The Balaban J connectivity index is 2.70. The van der Waals surface area contributed by atoms with Crippen molar-refractivity contribution in [3.05, 3.63) is 34.4 Å². The molecule has 1 aromatic rings. The Bertz CT molecular complexity index is 451. The summed E-state index contributed by atoms with van der Waals surface area (Å²) < 4.78 is 4.87. The van der Waals surface area contributed by atoms with Crippen LogP contribution in [0.2, 0.25) is 0 Å². The van der Waals surface area contributed by atoms with Crippen molar-refractivity contribution in [3.63, 3.8) is 0 Å². The summed E-state index contributed by atoms with van der Waals surface area (Å²) in [6.45, 7) is 3.59. The lowest BCUT2D eigenvalue weighted by atomic mass is 10.3. The minimum atomic E-state index is -0.724. The molecule has 0 aliphatic rings. The fraction of sp³-hybridized carbons (Fsp3) is 0.273. The van der Waals surface area contributed by atoms with Gasteiger partial charge in [0.15, 0.2) is 0 Å². The Morgan fingerprint density at radius 1 is 1.41 bits per heavy atom. The normalized spacial score (nSPS) is 11.1. The molecule has 0 spiro atoms. The number of nitrogens with zero attached hydrogens (tertiary/aromatic N) is 2. The number of benzene rings is 1. The number of non-ortho nitro benzene ring substituents is 1. The predicted molar refractivity (Wildman–Crippen MR) is 62.5 cm³/mol. The molecule has 0 radical (unpaired) electrons. The molecule has 0 bridgehead atoms. The maximum Gasteiger partial charge on any atom is 0.438 e. The zero-order valence-corrected chi connectivity index (χ0v) is 9.54. The third-order valence-electron chi connectivity index (χ3n) is 2.05. The van der Waals surface area contributed by atoms with Crippen LogP contribution < -0.4 is 4.74 Å². The summed E-state index contributed by atoms with van der Waals surface area (Å²) in [7, 11) is 0. The van der Waals surface area contributed by atoms with Crippen molar-refractivity contribution in [3.8, 4) is 5.75 Å². The number of nitro groups is 1. The summed E-state index contributed by atoms with van der Waals surface area (Å²) in [5.41, 5.74) is 0.606. The zero-order chi connectivity index (χ0) is 12.8. The van der Waals surface area contributed by atoms with E-state index in [1.165, 1.54) is 24.3 Å². The zero-order valence-electron chi connectivity index (χ0n) is 9.54. The lowest BCUT2D eigenvalue weighted by Crippen LogP contribution is -2.05. The first kappa shape index (κ1) is 12.8. The molecule has 17 heavy (non-hydrogen) atoms. The molecule has 1 rings (SSSR count). The number of hydrogen-bond donors (Lipinski definition) is 0. The summed E-state index contributed by atoms with van der Waals surface area (Å²) in [4.78, 5) is 24.8. The van der Waals surface area contributed by atoms with Gasteiger partial charge in [0.2, 0.25) is 0 Å². The number of ether oxygens (including phenoxy) is 1. The van der Waals surface area contributed by atoms with Crippen molar-refractivity contribution >= 4 is 17.5 Å². The highest BCUT2D eigenvalue weighted by Crippen LogP contribution is 2.17. The quantitative estimate of drug-likeness (QED) is 0.459. The first-order valence-electron chi connectivity index (χ1n) is 5.03. The lowest BCUT2D eigenvalue weighted by Gasteiger charge is -2.00. The van der Waals surface area contributed by atoms with E-state index in [9.17, 15) is 14.9 Å². The van der Waals surface area contributed by atoms with Crippen LogP contribution in [0.5, 0.6) is 5.75 Å². The number of hydrogen-bond acceptors (Lipinski definition) is 4. The van der Waals surface area contributed by atoms with Gasteiger partial charge in [-0.05, 0) is 25.5 Å². The Morgan fingerprint density at radius 2 is 2.00 bits per heavy atom. The molecule has 0 saturated carbocycles. The molecule has 90 valence electrons. The van der Waals surface area contributed by atoms with Crippen molar-refractivity contribution in [2.24, 2.45) is 4.99 Å². The van der Waals surface area contributed by atoms with E-state index in [0.717, 1.165) is 0 Å². The molecule has 0 unspecified atom stereocenters. The van der Waals surface area contributed by atoms with Gasteiger partial charge < -0.3 is 4.74 Å². The van der Waals surface area contributed by atoms with Crippen LogP contribution in [-0.2, 0) is 0 Å². The van der Waals surface area contributed by atoms with Crippen LogP contribution in [0.15, 0.2) is 29.3 Å². The van der Waals surface area contributed by atoms with Crippen LogP contribution >= 0.6 is 0 Å². The average Bonchev–Trinajstić information content (AvgIpc) is 2.29. The average molecular weight is 236 g/mol. The van der Waals surface area contributed by atoms with Gasteiger partial charge in [0, 0.05) is 17.8 Å². The van der Waals surface area contributed by atoms with E-state index in [0.29, 0.717) is 12.1 Å². The van der Waals surface area contributed by atoms with E-state index in [4.69, 9.17) is 4.74 Å². The molecule has 1 aromatic carbocycles. The van der Waals surface area contributed by atoms with Crippen LogP contribution in [-0.4, -0.2) is 16.7 Å². The van der Waals surface area contributed by atoms with Crippen LogP contribution in [0, 0.1) is 10.1 Å². The van der Waals surface area contributed by atoms with Gasteiger partial charge in [-0.15, -0.1) is 0 Å². The first-order valence-corrected chi connectivity index (χ1v) is 5.03. The molecule has 0 saturated heterocycles. The van der Waals surface area contributed by atoms with Crippen molar-refractivity contribution < 1.29 is 14.5 Å². The highest BCUT2D eigenvalue weighted by molar-refractivity contribution is 5.92. The minimum absolute atomic E-state index is 0.0574. The lowest BCUT2D eigenvalue weighted by molar-refractivity contribution is -0.384. The van der Waals surface area contributed by atoms with Crippen molar-refractivity contribution in [2.45, 2.75) is 20.3 Å². The minimum Gasteiger partial charge on any atom is -0.409 e. The molecule has 0 heterocycles. The second kappa shape index (κ2) is 5.74. The molecule has 0 aliphatic heterocycles. The third-order valence-corrected chi connectivity index (χ3v) is 2.05. The SMILES string of the molecule is CC/C(C)=N/C(=O)Oc1ccc([N+](=O)[O-])cc1. The first-order chi connectivity index (χ1) is 8.02. The number of amides is 1. The van der Waals surface area contributed by atoms with Gasteiger partial charge in [-0.2, -0.15) is 4.99 Å². The second-order valence-corrected chi connectivity index (χ2v) is 3.32. The standard InChI is InChI=1S/C11H12N2O4/c1-3-8(2)12-11(14)17-10-6-4-9(5-7-10)13(15)16/h4-7H,3H2,1-2H3/b12-8+. The maximum atomic E-state index is 11.3. The molecular weight excluding hydrogens is 224 g/mol. The van der Waals surface area contributed by atoms with E-state index < -0.39 is 11.0 Å². The van der Waals surface area contributed by atoms with Crippen LogP contribution in [0.1, 0.15) is 20.3 Å². The number of nitro benzene ring substituents is 1. The van der Waals surface area contributed by atoms with Gasteiger partial charge in [0.05, 0.1) is 4.92 Å². The highest BCUT2D eigenvalue weighted by Gasteiger charge is 2.07. The van der Waals surface area contributed by atoms with E-state index >= 15 is 0 Å². The summed E-state index contributed by atoms with van der Waals surface area (Å²) in [6, 6.07) is 5.23. The molecule has 0 N–H and O–H groups in total. The van der Waals surface area contributed by atoms with Gasteiger partial charge in [0.1, 0.15) is 5.75 Å². The molecule has 0 aromatic heterocycles. The van der Waals surface area contributed by atoms with Crippen LogP contribution in [0.4, 0.5) is 10.5 Å². The molecule has 6 nitrogen and oxygen atoms in total. The molecule has 0 aliphatic carbocycles. The van der Waals surface area contributed by atoms with Crippen molar-refractivity contribution in [1.29, 1.82) is 0 Å². The van der Waals surface area contributed by atoms with E-state index in [-0.39, 0.29) is 11.4 Å². The topological polar surface area (TPSA) is 81.8 Å². The van der Waals surface area contributed by atoms with Crippen molar-refractivity contribution in [1.82, 2.24) is 0 Å². The fourth-order valence-electron chi connectivity index (χ4n) is 0.994. The molecule has 0 atom stereocenters. The van der Waals surface area contributed by atoms with Gasteiger partial charge >= 0.3 is 6.09 Å². The maximum absolute atomic E-state index is 11.3. The largest absolute Gasteiger partial charge is 0.438 e. The Hall–Kier alpha value is -2.24. The van der Waals surface area contributed by atoms with Gasteiger partial charge in [-0.25, -0.2) is 4.79 Å². The highest BCUT2D eigenvalue weighted by atomic mass is 16.6. The summed E-state index contributed by atoms with van der Waals surface area (Å²) >= 11 is 0. The van der Waals surface area contributed by atoms with Crippen LogP contribution in [0.25, 0.3) is 0 Å². The van der Waals surface area contributed by atoms with Crippen LogP contribution in [0.3, 0.4) is 0 Å². The summed E-state index contributed by atoms with van der Waals surface area (Å²) in [5.74, 6) is 0.230. The fourth-order valence-corrected chi connectivity index (χ4v) is 0.994. The third kappa shape index (κ3) is 4.02. The molecule has 6 heteroatoms. The number of rotatable bonds is 3. The van der Waals surface area contributed by atoms with Crippen molar-refractivity contribution in [2.75, 3.05) is 0 Å². The number of carbonyl (C=O) groups excluding carboxylic acids is 1. The Labute approximate surface area is 98.1 Å². The van der Waals surface area contributed by atoms with E-state index in [2.05, 4.69) is 4.99 Å². The van der Waals surface area contributed by atoms with Gasteiger partial charge in [-0.1, -0.05) is 6.92 Å². The van der Waals surface area contributed by atoms with Gasteiger partial charge in [-0.3, -0.25) is 10.1 Å². The van der Waals surface area contributed by atoms with E-state index in [1.54, 1.807) is 6.92 Å². The molecule has 0 fully saturated rings. The second-order valence-electron chi connectivity index (χ2n) is 3.32. The Kier molecular flexibility index (Phi) is 4.33. The molecule has 1 amide bonds. The van der Waals surface area contributed by atoms with Gasteiger partial charge in [0.25, 0.3) is 5.69 Å². The predicted octanol–water partition coefficient (Wildman–Crippen LogP) is 2.96. The summed E-state index contributed by atoms with van der Waals surface area (Å²) in [6.07, 6.45) is -0.0618. The molecular formula is C11H12N2O4. The smallest absolute Gasteiger partial charge is 0.409 e. The Morgan fingerprint density at radius 3 is 2.47 bits per heavy atom. The summed E-state index contributed by atoms with van der Waals surface area (Å²) in [5, 5.41) is 10.4.